The van der Waals surface area contributed by atoms with Gasteiger partial charge in [-0.2, -0.15) is 5.10 Å². The molecule has 5 nitrogen and oxygen atoms in total. The topological polar surface area (TPSA) is 61.4 Å². The van der Waals surface area contributed by atoms with Gasteiger partial charge in [0.25, 0.3) is 0 Å². The first kappa shape index (κ1) is 8.52. The smallest absolute Gasteiger partial charge is 0.150 e. The van der Waals surface area contributed by atoms with E-state index in [-0.39, 0.29) is 12.6 Å². The van der Waals surface area contributed by atoms with E-state index in [1.165, 1.54) is 0 Å². The van der Waals surface area contributed by atoms with E-state index < -0.39 is 0 Å². The van der Waals surface area contributed by atoms with Crippen molar-refractivity contribution in [2.45, 2.75) is 6.04 Å². The average molecular weight is 183 g/mol. The third-order valence-electron chi connectivity index (χ3n) is 2.22. The Morgan fingerprint density at radius 1 is 1.77 bits per heavy atom. The van der Waals surface area contributed by atoms with Crippen LogP contribution in [0.4, 0.5) is 5.82 Å². The number of nitrogens with zero attached hydrogens (tertiary/aromatic N) is 2. The average Bonchev–Trinajstić information content (AvgIpc) is 2.70. The Balaban J connectivity index is 2.11. The Labute approximate surface area is 76.3 Å². The second kappa shape index (κ2) is 3.76. The van der Waals surface area contributed by atoms with Crippen molar-refractivity contribution in [3.8, 4) is 0 Å². The van der Waals surface area contributed by atoms with Crippen molar-refractivity contribution in [1.29, 1.82) is 0 Å². The van der Waals surface area contributed by atoms with Crippen LogP contribution in [0, 0.1) is 0 Å². The van der Waals surface area contributed by atoms with Gasteiger partial charge in [0.1, 0.15) is 0 Å². The first-order valence-electron chi connectivity index (χ1n) is 4.37. The molecule has 0 aliphatic carbocycles. The number of hydrogen-bond acceptors (Lipinski definition) is 4. The van der Waals surface area contributed by atoms with E-state index in [2.05, 4.69) is 15.1 Å². The summed E-state index contributed by atoms with van der Waals surface area (Å²) >= 11 is 0. The highest BCUT2D eigenvalue weighted by molar-refractivity contribution is 5.38. The van der Waals surface area contributed by atoms with Crippen LogP contribution in [0.15, 0.2) is 12.3 Å². The fourth-order valence-electron chi connectivity index (χ4n) is 1.52. The molecule has 1 aliphatic rings. The molecule has 0 spiro atoms. The number of aliphatic hydroxyl groups is 1. The molecule has 0 saturated carbocycles. The molecular weight excluding hydrogens is 170 g/mol. The number of ether oxygens (including phenoxy) is 1. The minimum atomic E-state index is 0.0389. The van der Waals surface area contributed by atoms with Crippen LogP contribution in [0.1, 0.15) is 0 Å². The Hall–Kier alpha value is -1.07. The lowest BCUT2D eigenvalue weighted by atomic mass is 10.2. The largest absolute Gasteiger partial charge is 0.394 e. The van der Waals surface area contributed by atoms with Gasteiger partial charge in [0.15, 0.2) is 5.82 Å². The molecular formula is C8H13N3O2. The number of aromatic amines is 1. The molecule has 2 heterocycles. The van der Waals surface area contributed by atoms with Crippen molar-refractivity contribution >= 4 is 5.82 Å². The molecule has 5 heteroatoms. The lowest BCUT2D eigenvalue weighted by molar-refractivity contribution is 0.0723. The predicted molar refractivity (Wildman–Crippen MR) is 47.6 cm³/mol. The molecule has 0 unspecified atom stereocenters. The maximum atomic E-state index is 9.10. The molecule has 0 aromatic carbocycles. The van der Waals surface area contributed by atoms with Gasteiger partial charge >= 0.3 is 0 Å². The molecule has 72 valence electrons. The van der Waals surface area contributed by atoms with Crippen LogP contribution >= 0.6 is 0 Å². The zero-order valence-corrected chi connectivity index (χ0v) is 7.31. The number of anilines is 1. The van der Waals surface area contributed by atoms with Gasteiger partial charge in [-0.25, -0.2) is 0 Å². The number of H-pyrrole nitrogens is 1. The molecule has 1 fully saturated rings. The van der Waals surface area contributed by atoms with Crippen LogP contribution in [0.5, 0.6) is 0 Å². The van der Waals surface area contributed by atoms with Gasteiger partial charge in [0.05, 0.1) is 25.9 Å². The zero-order valence-electron chi connectivity index (χ0n) is 7.31. The van der Waals surface area contributed by atoms with Gasteiger partial charge in [-0.3, -0.25) is 5.10 Å². The Kier molecular flexibility index (Phi) is 2.47. The fourth-order valence-corrected chi connectivity index (χ4v) is 1.52. The molecule has 0 radical (unpaired) electrons. The third kappa shape index (κ3) is 1.66. The summed E-state index contributed by atoms with van der Waals surface area (Å²) in [6.45, 7) is 2.16. The van der Waals surface area contributed by atoms with Gasteiger partial charge in [-0.1, -0.05) is 0 Å². The fraction of sp³-hybridized carbons (Fsp3) is 0.625. The number of aliphatic hydroxyl groups excluding tert-OH is 1. The van der Waals surface area contributed by atoms with Crippen molar-refractivity contribution in [2.24, 2.45) is 0 Å². The highest BCUT2D eigenvalue weighted by Gasteiger charge is 2.23. The van der Waals surface area contributed by atoms with Gasteiger partial charge < -0.3 is 14.7 Å². The van der Waals surface area contributed by atoms with Crippen molar-refractivity contribution in [3.05, 3.63) is 12.3 Å². The van der Waals surface area contributed by atoms with Crippen LogP contribution < -0.4 is 4.90 Å². The monoisotopic (exact) mass is 183 g/mol. The molecule has 1 saturated heterocycles. The van der Waals surface area contributed by atoms with Gasteiger partial charge in [0, 0.05) is 18.8 Å². The summed E-state index contributed by atoms with van der Waals surface area (Å²) in [6.07, 6.45) is 1.78. The van der Waals surface area contributed by atoms with Crippen molar-refractivity contribution in [3.63, 3.8) is 0 Å². The highest BCUT2D eigenvalue weighted by Crippen LogP contribution is 2.15. The predicted octanol–water partition coefficient (Wildman–Crippen LogP) is -0.393. The van der Waals surface area contributed by atoms with Gasteiger partial charge in [-0.05, 0) is 0 Å². The van der Waals surface area contributed by atoms with Crippen molar-refractivity contribution < 1.29 is 9.84 Å². The lowest BCUT2D eigenvalue weighted by Crippen LogP contribution is -2.47. The van der Waals surface area contributed by atoms with E-state index in [1.807, 2.05) is 6.07 Å². The standard InChI is InChI=1S/C8H13N3O2/c12-5-7-6-13-4-3-11(7)8-1-2-9-10-8/h1-2,7,12H,3-6H2,(H,9,10)/t7-/m0/s1. The first-order chi connectivity index (χ1) is 6.42. The number of hydrogen-bond donors (Lipinski definition) is 2. The number of aromatic nitrogens is 2. The lowest BCUT2D eigenvalue weighted by Gasteiger charge is -2.34. The SMILES string of the molecule is OC[C@H]1COCCN1c1cc[nH]n1. The normalized spacial score (nSPS) is 23.5. The van der Waals surface area contributed by atoms with Crippen LogP contribution in [0.3, 0.4) is 0 Å². The van der Waals surface area contributed by atoms with E-state index in [0.717, 1.165) is 12.4 Å². The molecule has 1 atom stereocenters. The molecule has 1 aromatic heterocycles. The van der Waals surface area contributed by atoms with E-state index in [9.17, 15) is 0 Å². The summed E-state index contributed by atoms with van der Waals surface area (Å²) in [5.41, 5.74) is 0. The van der Waals surface area contributed by atoms with Crippen molar-refractivity contribution in [1.82, 2.24) is 10.2 Å². The number of nitrogens with one attached hydrogen (secondary N) is 1. The molecule has 2 N–H and O–H groups in total. The van der Waals surface area contributed by atoms with Crippen LogP contribution in [-0.2, 0) is 4.74 Å². The molecule has 1 aromatic rings. The summed E-state index contributed by atoms with van der Waals surface area (Å²) < 4.78 is 5.26. The molecule has 13 heavy (non-hydrogen) atoms. The molecule has 0 amide bonds. The van der Waals surface area contributed by atoms with Gasteiger partial charge in [0.2, 0.25) is 0 Å². The maximum absolute atomic E-state index is 9.10. The molecule has 1 aliphatic heterocycles. The number of morpholine rings is 1. The summed E-state index contributed by atoms with van der Waals surface area (Å²) in [7, 11) is 0. The minimum Gasteiger partial charge on any atom is -0.394 e. The van der Waals surface area contributed by atoms with Crippen LogP contribution in [-0.4, -0.2) is 47.7 Å². The summed E-state index contributed by atoms with van der Waals surface area (Å²) in [6, 6.07) is 1.94. The van der Waals surface area contributed by atoms with E-state index in [0.29, 0.717) is 13.2 Å². The second-order valence-electron chi connectivity index (χ2n) is 3.04. The Morgan fingerprint density at radius 2 is 2.69 bits per heavy atom. The molecule has 2 rings (SSSR count). The summed E-state index contributed by atoms with van der Waals surface area (Å²) in [5, 5.41) is 15.9. The molecule has 0 bridgehead atoms. The van der Waals surface area contributed by atoms with Crippen LogP contribution in [0.25, 0.3) is 0 Å². The minimum absolute atomic E-state index is 0.0389. The van der Waals surface area contributed by atoms with E-state index in [1.54, 1.807) is 6.20 Å². The van der Waals surface area contributed by atoms with Crippen molar-refractivity contribution in [2.75, 3.05) is 31.3 Å². The second-order valence-corrected chi connectivity index (χ2v) is 3.04. The van der Waals surface area contributed by atoms with E-state index in [4.69, 9.17) is 9.84 Å². The first-order valence-corrected chi connectivity index (χ1v) is 4.37. The van der Waals surface area contributed by atoms with E-state index >= 15 is 0 Å². The Bertz CT molecular complexity index is 250. The summed E-state index contributed by atoms with van der Waals surface area (Å²) in [5.74, 6) is 0.877. The van der Waals surface area contributed by atoms with Crippen LogP contribution in [0.2, 0.25) is 0 Å². The third-order valence-corrected chi connectivity index (χ3v) is 2.22. The zero-order chi connectivity index (χ0) is 9.10. The highest BCUT2D eigenvalue weighted by atomic mass is 16.5. The summed E-state index contributed by atoms with van der Waals surface area (Å²) in [4.78, 5) is 2.06. The maximum Gasteiger partial charge on any atom is 0.150 e. The quantitative estimate of drug-likeness (QED) is 0.655. The Morgan fingerprint density at radius 3 is 3.38 bits per heavy atom. The van der Waals surface area contributed by atoms with Gasteiger partial charge in [-0.15, -0.1) is 0 Å². The number of rotatable bonds is 2.